The molecule has 1 saturated carbocycles. The van der Waals surface area contributed by atoms with E-state index in [1.54, 1.807) is 11.8 Å². The molecular formula is C9H16OS. The molecule has 0 aromatic heterocycles. The van der Waals surface area contributed by atoms with Crippen LogP contribution >= 0.6 is 11.8 Å². The molecule has 0 radical (unpaired) electrons. The van der Waals surface area contributed by atoms with Crippen molar-refractivity contribution in [1.82, 2.24) is 0 Å². The smallest absolute Gasteiger partial charge is 0.143 e. The molecule has 0 atom stereocenters. The summed E-state index contributed by atoms with van der Waals surface area (Å²) in [6.45, 7) is 2.10. The number of carbonyl (C=O) groups excluding carboxylic acids is 1. The highest BCUT2D eigenvalue weighted by molar-refractivity contribution is 7.99. The molecule has 1 aliphatic carbocycles. The van der Waals surface area contributed by atoms with Crippen LogP contribution < -0.4 is 0 Å². The fourth-order valence-electron chi connectivity index (χ4n) is 1.29. The molecule has 64 valence electrons. The molecule has 0 unspecified atom stereocenters. The van der Waals surface area contributed by atoms with Gasteiger partial charge in [0.1, 0.15) is 5.78 Å². The average molecular weight is 172 g/mol. The van der Waals surface area contributed by atoms with Crippen LogP contribution in [0.15, 0.2) is 0 Å². The monoisotopic (exact) mass is 172 g/mol. The van der Waals surface area contributed by atoms with Gasteiger partial charge in [0.05, 0.1) is 5.75 Å². The Morgan fingerprint density at radius 3 is 2.73 bits per heavy atom. The molecule has 1 aliphatic rings. The van der Waals surface area contributed by atoms with Crippen LogP contribution in [0.3, 0.4) is 0 Å². The van der Waals surface area contributed by atoms with Gasteiger partial charge in [-0.25, -0.2) is 0 Å². The number of rotatable bonds is 5. The van der Waals surface area contributed by atoms with Crippen molar-refractivity contribution in [3.8, 4) is 0 Å². The van der Waals surface area contributed by atoms with E-state index in [1.807, 2.05) is 0 Å². The van der Waals surface area contributed by atoms with Gasteiger partial charge in [-0.05, 0) is 11.7 Å². The van der Waals surface area contributed by atoms with Gasteiger partial charge in [0.15, 0.2) is 0 Å². The molecule has 2 heteroatoms. The first-order valence-electron chi connectivity index (χ1n) is 4.42. The van der Waals surface area contributed by atoms with Crippen LogP contribution in [0.1, 0.15) is 32.6 Å². The SMILES string of the molecule is CCSCC(=O)CC1CCC1. The van der Waals surface area contributed by atoms with Crippen LogP contribution in [0, 0.1) is 5.92 Å². The summed E-state index contributed by atoms with van der Waals surface area (Å²) in [6.07, 6.45) is 4.79. The van der Waals surface area contributed by atoms with Crippen molar-refractivity contribution < 1.29 is 4.79 Å². The maximum Gasteiger partial charge on any atom is 0.143 e. The van der Waals surface area contributed by atoms with Crippen LogP contribution in [-0.2, 0) is 4.79 Å². The Hall–Kier alpha value is 0.0200. The maximum atomic E-state index is 11.2. The third kappa shape index (κ3) is 3.28. The summed E-state index contributed by atoms with van der Waals surface area (Å²) in [5, 5.41) is 0. The second kappa shape index (κ2) is 4.81. The third-order valence-corrected chi connectivity index (χ3v) is 3.14. The van der Waals surface area contributed by atoms with Crippen molar-refractivity contribution in [3.63, 3.8) is 0 Å². The minimum atomic E-state index is 0.460. The van der Waals surface area contributed by atoms with Gasteiger partial charge >= 0.3 is 0 Å². The van der Waals surface area contributed by atoms with Crippen molar-refractivity contribution in [2.45, 2.75) is 32.6 Å². The summed E-state index contributed by atoms with van der Waals surface area (Å²) in [5.74, 6) is 3.02. The molecule has 0 bridgehead atoms. The molecule has 1 fully saturated rings. The van der Waals surface area contributed by atoms with Crippen LogP contribution in [0.2, 0.25) is 0 Å². The molecule has 11 heavy (non-hydrogen) atoms. The number of hydrogen-bond acceptors (Lipinski definition) is 2. The van der Waals surface area contributed by atoms with Gasteiger partial charge < -0.3 is 0 Å². The summed E-state index contributed by atoms with van der Waals surface area (Å²) in [4.78, 5) is 11.2. The lowest BCUT2D eigenvalue weighted by Gasteiger charge is -2.24. The van der Waals surface area contributed by atoms with Crippen molar-refractivity contribution in [3.05, 3.63) is 0 Å². The van der Waals surface area contributed by atoms with Crippen molar-refractivity contribution in [1.29, 1.82) is 0 Å². The molecule has 0 aliphatic heterocycles. The van der Waals surface area contributed by atoms with Gasteiger partial charge in [-0.2, -0.15) is 11.8 Å². The predicted octanol–water partition coefficient (Wildman–Crippen LogP) is 2.50. The molecule has 0 spiro atoms. The van der Waals surface area contributed by atoms with Gasteiger partial charge in [0.2, 0.25) is 0 Å². The summed E-state index contributed by atoms with van der Waals surface area (Å²) in [5.41, 5.74) is 0. The Kier molecular flexibility index (Phi) is 3.98. The summed E-state index contributed by atoms with van der Waals surface area (Å²) >= 11 is 1.74. The molecule has 0 aromatic carbocycles. The van der Waals surface area contributed by atoms with Gasteiger partial charge in [-0.15, -0.1) is 0 Å². The van der Waals surface area contributed by atoms with Crippen LogP contribution in [0.5, 0.6) is 0 Å². The van der Waals surface area contributed by atoms with E-state index in [0.29, 0.717) is 5.78 Å². The average Bonchev–Trinajstić information content (AvgIpc) is 1.93. The topological polar surface area (TPSA) is 17.1 Å². The fraction of sp³-hybridized carbons (Fsp3) is 0.889. The van der Waals surface area contributed by atoms with E-state index in [1.165, 1.54) is 19.3 Å². The Bertz CT molecular complexity index is 130. The summed E-state index contributed by atoms with van der Waals surface area (Å²) in [6, 6.07) is 0. The molecule has 0 N–H and O–H groups in total. The number of Topliss-reactive ketones (excluding diaryl/α,β-unsaturated/α-hetero) is 1. The van der Waals surface area contributed by atoms with E-state index >= 15 is 0 Å². The Morgan fingerprint density at radius 1 is 1.55 bits per heavy atom. The molecule has 0 saturated heterocycles. The normalized spacial score (nSPS) is 17.9. The van der Waals surface area contributed by atoms with E-state index in [-0.39, 0.29) is 0 Å². The standard InChI is InChI=1S/C9H16OS/c1-2-11-7-9(10)6-8-4-3-5-8/h8H,2-7H2,1H3. The van der Waals surface area contributed by atoms with E-state index in [0.717, 1.165) is 23.8 Å². The van der Waals surface area contributed by atoms with Crippen LogP contribution in [0.4, 0.5) is 0 Å². The molecule has 1 nitrogen and oxygen atoms in total. The second-order valence-electron chi connectivity index (χ2n) is 3.18. The van der Waals surface area contributed by atoms with Gasteiger partial charge in [0, 0.05) is 6.42 Å². The molecule has 1 rings (SSSR count). The van der Waals surface area contributed by atoms with Gasteiger partial charge in [-0.1, -0.05) is 26.2 Å². The van der Waals surface area contributed by atoms with Gasteiger partial charge in [0.25, 0.3) is 0 Å². The minimum absolute atomic E-state index is 0.460. The van der Waals surface area contributed by atoms with Crippen LogP contribution in [-0.4, -0.2) is 17.3 Å². The molecular weight excluding hydrogens is 156 g/mol. The Labute approximate surface area is 72.9 Å². The Balaban J connectivity index is 2.00. The van der Waals surface area contributed by atoms with E-state index in [4.69, 9.17) is 0 Å². The fourth-order valence-corrected chi connectivity index (χ4v) is 1.84. The van der Waals surface area contributed by atoms with Gasteiger partial charge in [-0.3, -0.25) is 4.79 Å². The van der Waals surface area contributed by atoms with Crippen LogP contribution in [0.25, 0.3) is 0 Å². The molecule has 0 amide bonds. The highest BCUT2D eigenvalue weighted by Crippen LogP contribution is 2.29. The first-order chi connectivity index (χ1) is 5.33. The van der Waals surface area contributed by atoms with Crippen molar-refractivity contribution in [2.24, 2.45) is 5.92 Å². The first kappa shape index (κ1) is 9.11. The Morgan fingerprint density at radius 2 is 2.27 bits per heavy atom. The van der Waals surface area contributed by atoms with Crippen molar-refractivity contribution in [2.75, 3.05) is 11.5 Å². The lowest BCUT2D eigenvalue weighted by Crippen LogP contribution is -2.16. The quantitative estimate of drug-likeness (QED) is 0.634. The van der Waals surface area contributed by atoms with E-state index < -0.39 is 0 Å². The zero-order valence-corrected chi connectivity index (χ0v) is 7.95. The lowest BCUT2D eigenvalue weighted by molar-refractivity contribution is -0.118. The third-order valence-electron chi connectivity index (χ3n) is 2.21. The number of hydrogen-bond donors (Lipinski definition) is 0. The zero-order chi connectivity index (χ0) is 8.10. The van der Waals surface area contributed by atoms with E-state index in [2.05, 4.69) is 6.92 Å². The van der Waals surface area contributed by atoms with E-state index in [9.17, 15) is 4.79 Å². The maximum absolute atomic E-state index is 11.2. The molecule has 0 aromatic rings. The second-order valence-corrected chi connectivity index (χ2v) is 4.45. The number of carbonyl (C=O) groups is 1. The largest absolute Gasteiger partial charge is 0.299 e. The molecule has 0 heterocycles. The summed E-state index contributed by atoms with van der Waals surface area (Å²) < 4.78 is 0. The highest BCUT2D eigenvalue weighted by Gasteiger charge is 2.19. The minimum Gasteiger partial charge on any atom is -0.299 e. The van der Waals surface area contributed by atoms with Crippen molar-refractivity contribution >= 4 is 17.5 Å². The predicted molar refractivity (Wildman–Crippen MR) is 50.0 cm³/mol. The highest BCUT2D eigenvalue weighted by atomic mass is 32.2. The summed E-state index contributed by atoms with van der Waals surface area (Å²) in [7, 11) is 0. The number of ketones is 1. The first-order valence-corrected chi connectivity index (χ1v) is 5.58. The lowest BCUT2D eigenvalue weighted by atomic mass is 9.82. The zero-order valence-electron chi connectivity index (χ0n) is 7.14. The number of thioether (sulfide) groups is 1.